The highest BCUT2D eigenvalue weighted by atomic mass is 16.5. The van der Waals surface area contributed by atoms with E-state index in [4.69, 9.17) is 9.84 Å². The van der Waals surface area contributed by atoms with E-state index in [9.17, 15) is 0 Å². The molecule has 0 saturated heterocycles. The lowest BCUT2D eigenvalue weighted by Crippen LogP contribution is -2.14. The molecule has 0 amide bonds. The molecule has 0 aliphatic rings. The maximum Gasteiger partial charge on any atom is 0.161 e. The van der Waals surface area contributed by atoms with E-state index in [-0.39, 0.29) is 0 Å². The highest BCUT2D eigenvalue weighted by Gasteiger charge is 2.15. The SMILES string of the molecule is COc1ccc(-c2nn3c(NC(C)C)cc(C)nc3c2C)cc1. The van der Waals surface area contributed by atoms with Crippen molar-refractivity contribution in [3.8, 4) is 17.0 Å². The molecule has 23 heavy (non-hydrogen) atoms. The van der Waals surface area contributed by atoms with Gasteiger partial charge in [-0.15, -0.1) is 0 Å². The van der Waals surface area contributed by atoms with Gasteiger partial charge in [0.05, 0.1) is 12.8 Å². The largest absolute Gasteiger partial charge is 0.497 e. The van der Waals surface area contributed by atoms with Crippen LogP contribution in [0.5, 0.6) is 5.75 Å². The maximum absolute atomic E-state index is 5.22. The first-order chi connectivity index (χ1) is 11.0. The fourth-order valence-corrected chi connectivity index (χ4v) is 2.67. The molecule has 0 saturated carbocycles. The summed E-state index contributed by atoms with van der Waals surface area (Å²) in [5, 5.41) is 8.22. The number of nitrogens with one attached hydrogen (secondary N) is 1. The third-order valence-electron chi connectivity index (χ3n) is 3.75. The van der Waals surface area contributed by atoms with Gasteiger partial charge in [0.25, 0.3) is 0 Å². The van der Waals surface area contributed by atoms with Crippen molar-refractivity contribution in [1.82, 2.24) is 14.6 Å². The maximum atomic E-state index is 5.22. The van der Waals surface area contributed by atoms with Crippen LogP contribution in [0.2, 0.25) is 0 Å². The first-order valence-corrected chi connectivity index (χ1v) is 7.77. The Morgan fingerprint density at radius 1 is 1.13 bits per heavy atom. The molecule has 5 heteroatoms. The highest BCUT2D eigenvalue weighted by Crippen LogP contribution is 2.28. The number of aromatic nitrogens is 3. The quantitative estimate of drug-likeness (QED) is 0.795. The molecule has 0 bridgehead atoms. The number of fused-ring (bicyclic) bond motifs is 1. The number of anilines is 1. The molecule has 5 nitrogen and oxygen atoms in total. The number of hydrogen-bond donors (Lipinski definition) is 1. The van der Waals surface area contributed by atoms with Gasteiger partial charge in [-0.2, -0.15) is 9.61 Å². The van der Waals surface area contributed by atoms with Crippen LogP contribution in [-0.4, -0.2) is 27.7 Å². The summed E-state index contributed by atoms with van der Waals surface area (Å²) >= 11 is 0. The van der Waals surface area contributed by atoms with Crippen molar-refractivity contribution < 1.29 is 4.74 Å². The summed E-state index contributed by atoms with van der Waals surface area (Å²) in [6.07, 6.45) is 0. The summed E-state index contributed by atoms with van der Waals surface area (Å²) in [4.78, 5) is 4.66. The van der Waals surface area contributed by atoms with Gasteiger partial charge >= 0.3 is 0 Å². The number of rotatable bonds is 4. The van der Waals surface area contributed by atoms with Crippen molar-refractivity contribution in [3.63, 3.8) is 0 Å². The van der Waals surface area contributed by atoms with E-state index >= 15 is 0 Å². The van der Waals surface area contributed by atoms with E-state index in [0.29, 0.717) is 6.04 Å². The predicted octanol–water partition coefficient (Wildman–Crippen LogP) is 3.84. The Morgan fingerprint density at radius 2 is 1.83 bits per heavy atom. The average molecular weight is 310 g/mol. The summed E-state index contributed by atoms with van der Waals surface area (Å²) < 4.78 is 7.12. The van der Waals surface area contributed by atoms with E-state index in [2.05, 4.69) is 31.1 Å². The zero-order valence-corrected chi connectivity index (χ0v) is 14.2. The molecule has 0 fully saturated rings. The normalized spacial score (nSPS) is 11.2. The molecule has 0 spiro atoms. The van der Waals surface area contributed by atoms with Gasteiger partial charge < -0.3 is 10.1 Å². The van der Waals surface area contributed by atoms with Crippen molar-refractivity contribution >= 4 is 11.5 Å². The fourth-order valence-electron chi connectivity index (χ4n) is 2.67. The molecule has 3 rings (SSSR count). The number of aryl methyl sites for hydroxylation is 2. The Hall–Kier alpha value is -2.56. The van der Waals surface area contributed by atoms with Gasteiger partial charge in [-0.1, -0.05) is 0 Å². The molecule has 1 aromatic carbocycles. The van der Waals surface area contributed by atoms with E-state index in [1.54, 1.807) is 7.11 Å². The van der Waals surface area contributed by atoms with Gasteiger partial charge in [-0.05, 0) is 52.0 Å². The van der Waals surface area contributed by atoms with E-state index in [1.165, 1.54) is 0 Å². The lowest BCUT2D eigenvalue weighted by atomic mass is 10.1. The molecule has 0 aliphatic carbocycles. The molecule has 2 aromatic heterocycles. The van der Waals surface area contributed by atoms with Crippen molar-refractivity contribution in [2.24, 2.45) is 0 Å². The highest BCUT2D eigenvalue weighted by molar-refractivity contribution is 5.72. The van der Waals surface area contributed by atoms with Crippen LogP contribution < -0.4 is 10.1 Å². The summed E-state index contributed by atoms with van der Waals surface area (Å²) in [7, 11) is 1.67. The van der Waals surface area contributed by atoms with Gasteiger partial charge in [-0.25, -0.2) is 4.98 Å². The number of ether oxygens (including phenoxy) is 1. The topological polar surface area (TPSA) is 51.5 Å². The Kier molecular flexibility index (Phi) is 3.94. The Balaban J connectivity index is 2.16. The Labute approximate surface area is 136 Å². The average Bonchev–Trinajstić information content (AvgIpc) is 2.84. The van der Waals surface area contributed by atoms with Crippen LogP contribution in [0, 0.1) is 13.8 Å². The molecular formula is C18H22N4O. The number of nitrogens with zero attached hydrogens (tertiary/aromatic N) is 3. The monoisotopic (exact) mass is 310 g/mol. The molecule has 0 radical (unpaired) electrons. The zero-order chi connectivity index (χ0) is 16.6. The summed E-state index contributed by atoms with van der Waals surface area (Å²) in [6, 6.07) is 10.3. The third kappa shape index (κ3) is 2.86. The minimum absolute atomic E-state index is 0.328. The minimum atomic E-state index is 0.328. The van der Waals surface area contributed by atoms with Gasteiger partial charge in [0.1, 0.15) is 11.6 Å². The second-order valence-corrected chi connectivity index (χ2v) is 6.02. The standard InChI is InChI=1S/C18H22N4O/c1-11(2)19-16-10-12(3)20-18-13(4)17(21-22(16)18)14-6-8-15(23-5)9-7-14/h6-11,19H,1-5H3. The van der Waals surface area contributed by atoms with Crippen LogP contribution >= 0.6 is 0 Å². The Morgan fingerprint density at radius 3 is 2.43 bits per heavy atom. The summed E-state index contributed by atoms with van der Waals surface area (Å²) in [6.45, 7) is 8.29. The minimum Gasteiger partial charge on any atom is -0.497 e. The fraction of sp³-hybridized carbons (Fsp3) is 0.333. The van der Waals surface area contributed by atoms with Crippen molar-refractivity contribution in [2.75, 3.05) is 12.4 Å². The molecule has 0 aliphatic heterocycles. The number of hydrogen-bond acceptors (Lipinski definition) is 4. The van der Waals surface area contributed by atoms with Crippen LogP contribution in [-0.2, 0) is 0 Å². The van der Waals surface area contributed by atoms with Gasteiger partial charge in [0.2, 0.25) is 0 Å². The lowest BCUT2D eigenvalue weighted by molar-refractivity contribution is 0.415. The molecule has 0 unspecified atom stereocenters. The molecular weight excluding hydrogens is 288 g/mol. The van der Waals surface area contributed by atoms with Crippen LogP contribution in [0.15, 0.2) is 30.3 Å². The van der Waals surface area contributed by atoms with Crippen LogP contribution in [0.3, 0.4) is 0 Å². The van der Waals surface area contributed by atoms with Crippen molar-refractivity contribution in [2.45, 2.75) is 33.7 Å². The molecule has 1 N–H and O–H groups in total. The zero-order valence-electron chi connectivity index (χ0n) is 14.2. The van der Waals surface area contributed by atoms with E-state index < -0.39 is 0 Å². The van der Waals surface area contributed by atoms with E-state index in [1.807, 2.05) is 41.8 Å². The first-order valence-electron chi connectivity index (χ1n) is 7.77. The number of methoxy groups -OCH3 is 1. The van der Waals surface area contributed by atoms with Crippen LogP contribution in [0.25, 0.3) is 16.9 Å². The van der Waals surface area contributed by atoms with Crippen molar-refractivity contribution in [1.29, 1.82) is 0 Å². The molecule has 3 aromatic rings. The van der Waals surface area contributed by atoms with E-state index in [0.717, 1.165) is 39.7 Å². The smallest absolute Gasteiger partial charge is 0.161 e. The number of benzene rings is 1. The third-order valence-corrected chi connectivity index (χ3v) is 3.75. The summed E-state index contributed by atoms with van der Waals surface area (Å²) in [5.41, 5.74) is 4.94. The summed E-state index contributed by atoms with van der Waals surface area (Å²) in [5.74, 6) is 1.80. The van der Waals surface area contributed by atoms with Gasteiger partial charge in [-0.3, -0.25) is 0 Å². The second-order valence-electron chi connectivity index (χ2n) is 6.02. The molecule has 120 valence electrons. The molecule has 0 atom stereocenters. The van der Waals surface area contributed by atoms with Crippen molar-refractivity contribution in [3.05, 3.63) is 41.6 Å². The first kappa shape index (κ1) is 15.3. The predicted molar refractivity (Wildman–Crippen MR) is 93.2 cm³/mol. The molecule has 2 heterocycles. The Bertz CT molecular complexity index is 834. The van der Waals surface area contributed by atoms with Crippen LogP contribution in [0.1, 0.15) is 25.1 Å². The lowest BCUT2D eigenvalue weighted by Gasteiger charge is -2.12. The second kappa shape index (κ2) is 5.91. The van der Waals surface area contributed by atoms with Gasteiger partial charge in [0.15, 0.2) is 5.65 Å². The van der Waals surface area contributed by atoms with Crippen LogP contribution in [0.4, 0.5) is 5.82 Å². The van der Waals surface area contributed by atoms with Gasteiger partial charge in [0, 0.05) is 28.9 Å².